The van der Waals surface area contributed by atoms with Crippen LogP contribution in [0.15, 0.2) is 24.3 Å². The van der Waals surface area contributed by atoms with E-state index in [2.05, 4.69) is 4.98 Å². The minimum absolute atomic E-state index is 0.0311. The third-order valence-electron chi connectivity index (χ3n) is 4.01. The van der Waals surface area contributed by atoms with Gasteiger partial charge in [-0.05, 0) is 31.5 Å². The smallest absolute Gasteiger partial charge is 0.329 e. The second kappa shape index (κ2) is 7.58. The summed E-state index contributed by atoms with van der Waals surface area (Å²) in [6.07, 6.45) is -2.80. The zero-order valence-electron chi connectivity index (χ0n) is 13.7. The molecule has 0 saturated carbocycles. The number of hydrogen-bond donors (Lipinski definition) is 2. The lowest BCUT2D eigenvalue weighted by molar-refractivity contribution is -0.125. The van der Waals surface area contributed by atoms with E-state index >= 15 is 0 Å². The number of imide groups is 1. The summed E-state index contributed by atoms with van der Waals surface area (Å²) in [6, 6.07) is 6.56. The predicted octanol–water partition coefficient (Wildman–Crippen LogP) is 2.82. The highest BCUT2D eigenvalue weighted by molar-refractivity contribution is 7.18. The Kier molecular flexibility index (Phi) is 5.42. The average Bonchev–Trinajstić information content (AvgIpc) is 3.18. The lowest BCUT2D eigenvalue weighted by atomic mass is 10.2. The summed E-state index contributed by atoms with van der Waals surface area (Å²) in [7, 11) is 0. The van der Waals surface area contributed by atoms with Crippen molar-refractivity contribution in [2.45, 2.75) is 25.1 Å². The van der Waals surface area contributed by atoms with Crippen molar-refractivity contribution in [1.29, 1.82) is 0 Å². The molecule has 1 aliphatic heterocycles. The fourth-order valence-electron chi connectivity index (χ4n) is 2.90. The van der Waals surface area contributed by atoms with E-state index in [1.54, 1.807) is 16.7 Å². The van der Waals surface area contributed by atoms with Crippen LogP contribution < -0.4 is 10.6 Å². The van der Waals surface area contributed by atoms with Crippen molar-refractivity contribution in [3.63, 3.8) is 0 Å². The van der Waals surface area contributed by atoms with Gasteiger partial charge in [0.15, 0.2) is 0 Å². The molecule has 2 heterocycles. The number of benzene rings is 1. The van der Waals surface area contributed by atoms with Gasteiger partial charge in [0, 0.05) is 0 Å². The van der Waals surface area contributed by atoms with Gasteiger partial charge >= 0.3 is 12.2 Å². The SMILES string of the molecule is O=C(CN1CCC[C@H]1c1nc2ccccc2s1)NC(=O)NCC(F)(F)F. The number of nitrogens with one attached hydrogen (secondary N) is 2. The van der Waals surface area contributed by atoms with Gasteiger partial charge in [-0.15, -0.1) is 11.3 Å². The molecular formula is C16H17F3N4O2S. The monoisotopic (exact) mass is 386 g/mol. The maximum atomic E-state index is 12.1. The summed E-state index contributed by atoms with van der Waals surface area (Å²) < 4.78 is 37.3. The number of hydrogen-bond acceptors (Lipinski definition) is 5. The summed E-state index contributed by atoms with van der Waals surface area (Å²) in [4.78, 5) is 29.8. The van der Waals surface area contributed by atoms with Crippen molar-refractivity contribution in [3.8, 4) is 0 Å². The number of likely N-dealkylation sites (tertiary alicyclic amines) is 1. The van der Waals surface area contributed by atoms with Gasteiger partial charge in [0.25, 0.3) is 0 Å². The first-order valence-electron chi connectivity index (χ1n) is 8.06. The van der Waals surface area contributed by atoms with Crippen LogP contribution in [0.5, 0.6) is 0 Å². The molecule has 3 rings (SSSR count). The number of thiazole rings is 1. The molecule has 6 nitrogen and oxygen atoms in total. The van der Waals surface area contributed by atoms with Crippen molar-refractivity contribution >= 4 is 33.5 Å². The molecule has 10 heteroatoms. The van der Waals surface area contributed by atoms with E-state index in [-0.39, 0.29) is 12.6 Å². The van der Waals surface area contributed by atoms with Crippen LogP contribution in [-0.4, -0.2) is 47.6 Å². The van der Waals surface area contributed by atoms with E-state index in [9.17, 15) is 22.8 Å². The first kappa shape index (κ1) is 18.6. The average molecular weight is 386 g/mol. The molecule has 2 N–H and O–H groups in total. The number of amides is 3. The normalized spacial score (nSPS) is 18.2. The zero-order chi connectivity index (χ0) is 18.7. The Balaban J connectivity index is 1.58. The lowest BCUT2D eigenvalue weighted by Gasteiger charge is -2.21. The van der Waals surface area contributed by atoms with E-state index in [4.69, 9.17) is 0 Å². The Hall–Kier alpha value is -2.20. The number of para-hydroxylation sites is 1. The molecule has 1 aliphatic rings. The van der Waals surface area contributed by atoms with Crippen molar-refractivity contribution in [2.24, 2.45) is 0 Å². The lowest BCUT2D eigenvalue weighted by Crippen LogP contribution is -2.46. The maximum absolute atomic E-state index is 12.1. The highest BCUT2D eigenvalue weighted by Gasteiger charge is 2.31. The third-order valence-corrected chi connectivity index (χ3v) is 5.15. The van der Waals surface area contributed by atoms with E-state index in [1.807, 2.05) is 34.5 Å². The van der Waals surface area contributed by atoms with Crippen LogP contribution in [0.3, 0.4) is 0 Å². The van der Waals surface area contributed by atoms with Crippen molar-refractivity contribution in [2.75, 3.05) is 19.6 Å². The van der Waals surface area contributed by atoms with Gasteiger partial charge in [0.2, 0.25) is 5.91 Å². The second-order valence-corrected chi connectivity index (χ2v) is 7.06. The first-order chi connectivity index (χ1) is 12.3. The van der Waals surface area contributed by atoms with Crippen molar-refractivity contribution in [3.05, 3.63) is 29.3 Å². The van der Waals surface area contributed by atoms with Gasteiger partial charge in [-0.2, -0.15) is 13.2 Å². The zero-order valence-corrected chi connectivity index (χ0v) is 14.5. The highest BCUT2D eigenvalue weighted by Crippen LogP contribution is 2.36. The van der Waals surface area contributed by atoms with Crippen LogP contribution in [0, 0.1) is 0 Å². The Morgan fingerprint density at radius 3 is 2.81 bits per heavy atom. The molecule has 0 spiro atoms. The van der Waals surface area contributed by atoms with Gasteiger partial charge in [0.05, 0.1) is 22.8 Å². The molecule has 1 atom stereocenters. The fourth-order valence-corrected chi connectivity index (χ4v) is 4.04. The van der Waals surface area contributed by atoms with E-state index in [0.29, 0.717) is 6.54 Å². The molecule has 1 saturated heterocycles. The molecule has 0 bridgehead atoms. The number of halogens is 3. The molecule has 1 aromatic carbocycles. The maximum Gasteiger partial charge on any atom is 0.405 e. The van der Waals surface area contributed by atoms with Crippen LogP contribution in [0.4, 0.5) is 18.0 Å². The topological polar surface area (TPSA) is 74.3 Å². The Bertz CT molecular complexity index is 775. The molecule has 0 radical (unpaired) electrons. The van der Waals surface area contributed by atoms with Crippen molar-refractivity contribution < 1.29 is 22.8 Å². The third kappa shape index (κ3) is 4.70. The molecular weight excluding hydrogens is 369 g/mol. The van der Waals surface area contributed by atoms with Crippen LogP contribution in [0.25, 0.3) is 10.2 Å². The number of nitrogens with zero attached hydrogens (tertiary/aromatic N) is 2. The highest BCUT2D eigenvalue weighted by atomic mass is 32.1. The summed E-state index contributed by atoms with van der Waals surface area (Å²) in [5, 5.41) is 4.45. The molecule has 0 unspecified atom stereocenters. The van der Waals surface area contributed by atoms with E-state index in [1.165, 1.54) is 0 Å². The molecule has 1 aromatic heterocycles. The Morgan fingerprint density at radius 1 is 1.31 bits per heavy atom. The largest absolute Gasteiger partial charge is 0.405 e. The summed E-state index contributed by atoms with van der Waals surface area (Å²) in [6.45, 7) is -0.887. The summed E-state index contributed by atoms with van der Waals surface area (Å²) in [5.41, 5.74) is 0.898. The van der Waals surface area contributed by atoms with E-state index in [0.717, 1.165) is 28.1 Å². The minimum Gasteiger partial charge on any atom is -0.329 e. The van der Waals surface area contributed by atoms with Crippen LogP contribution >= 0.6 is 11.3 Å². The van der Waals surface area contributed by atoms with Crippen LogP contribution in [0.1, 0.15) is 23.9 Å². The second-order valence-electron chi connectivity index (χ2n) is 5.99. The Labute approximate surface area is 151 Å². The number of carbonyl (C=O) groups is 2. The number of carbonyl (C=O) groups excluding carboxylic acids is 2. The van der Waals surface area contributed by atoms with Crippen molar-refractivity contribution in [1.82, 2.24) is 20.5 Å². The molecule has 26 heavy (non-hydrogen) atoms. The Morgan fingerprint density at radius 2 is 2.08 bits per heavy atom. The number of alkyl halides is 3. The molecule has 0 aliphatic carbocycles. The number of fused-ring (bicyclic) bond motifs is 1. The van der Waals surface area contributed by atoms with Gasteiger partial charge in [-0.1, -0.05) is 12.1 Å². The van der Waals surface area contributed by atoms with Crippen LogP contribution in [0.2, 0.25) is 0 Å². The van der Waals surface area contributed by atoms with Gasteiger partial charge in [-0.25, -0.2) is 9.78 Å². The molecule has 2 aromatic rings. The fraction of sp³-hybridized carbons (Fsp3) is 0.438. The van der Waals surface area contributed by atoms with E-state index < -0.39 is 24.7 Å². The minimum atomic E-state index is -4.52. The summed E-state index contributed by atoms with van der Waals surface area (Å²) in [5.74, 6) is -0.641. The number of urea groups is 1. The molecule has 140 valence electrons. The van der Waals surface area contributed by atoms with Gasteiger partial charge in [0.1, 0.15) is 11.6 Å². The van der Waals surface area contributed by atoms with Crippen LogP contribution in [-0.2, 0) is 4.79 Å². The molecule has 3 amide bonds. The molecule has 1 fully saturated rings. The first-order valence-corrected chi connectivity index (χ1v) is 8.87. The predicted molar refractivity (Wildman–Crippen MR) is 90.8 cm³/mol. The summed E-state index contributed by atoms with van der Waals surface area (Å²) >= 11 is 1.56. The van der Waals surface area contributed by atoms with Gasteiger partial charge < -0.3 is 5.32 Å². The quantitative estimate of drug-likeness (QED) is 0.848. The number of rotatable bonds is 4. The number of aromatic nitrogens is 1. The van der Waals surface area contributed by atoms with Gasteiger partial charge in [-0.3, -0.25) is 15.0 Å². The standard InChI is InChI=1S/C16H17F3N4O2S/c17-16(18,19)9-20-15(25)22-13(24)8-23-7-3-5-11(23)14-21-10-4-1-2-6-12(10)26-14/h1-2,4,6,11H,3,5,7-9H2,(H2,20,22,24,25)/t11-/m0/s1.